The molecule has 112 valence electrons. The Morgan fingerprint density at radius 1 is 1.38 bits per heavy atom. The van der Waals surface area contributed by atoms with Crippen molar-refractivity contribution >= 4 is 34.8 Å². The van der Waals surface area contributed by atoms with E-state index in [0.717, 1.165) is 0 Å². The summed E-state index contributed by atoms with van der Waals surface area (Å²) >= 11 is 10.7. The van der Waals surface area contributed by atoms with Gasteiger partial charge >= 0.3 is 29.6 Å². The number of halogens is 2. The number of benzene rings is 1. The third-order valence-electron chi connectivity index (χ3n) is 2.55. The van der Waals surface area contributed by atoms with Gasteiger partial charge in [0.05, 0.1) is 17.6 Å². The van der Waals surface area contributed by atoms with Crippen LogP contribution in [0.1, 0.15) is 13.1 Å². The van der Waals surface area contributed by atoms with Crippen molar-refractivity contribution in [3.8, 4) is 0 Å². The van der Waals surface area contributed by atoms with Crippen LogP contribution in [-0.2, 0) is 4.79 Å². The molecule has 0 unspecified atom stereocenters. The molecule has 21 heavy (non-hydrogen) atoms. The first-order valence-corrected chi connectivity index (χ1v) is 6.36. The second kappa shape index (κ2) is 9.58. The van der Waals surface area contributed by atoms with E-state index < -0.39 is 34.4 Å². The fourth-order valence-corrected chi connectivity index (χ4v) is 1.62. The Bertz CT molecular complexity index is 492. The van der Waals surface area contributed by atoms with Crippen LogP contribution in [0.3, 0.4) is 0 Å². The molecular weight excluding hydrogens is 334 g/mol. The Hall–Kier alpha value is -0.410. The van der Waals surface area contributed by atoms with Crippen molar-refractivity contribution in [3.63, 3.8) is 0 Å². The summed E-state index contributed by atoms with van der Waals surface area (Å²) in [5.41, 5.74) is 0.169. The number of hydrogen-bond acceptors (Lipinski definition) is 5. The monoisotopic (exact) mass is 346 g/mol. The van der Waals surface area contributed by atoms with E-state index in [-0.39, 0.29) is 36.7 Å². The summed E-state index contributed by atoms with van der Waals surface area (Å²) in [7, 11) is 0. The van der Waals surface area contributed by atoms with Crippen molar-refractivity contribution in [2.24, 2.45) is 0 Å². The Kier molecular flexibility index (Phi) is 9.39. The van der Waals surface area contributed by atoms with Gasteiger partial charge in [0.25, 0.3) is 11.6 Å². The van der Waals surface area contributed by atoms with Crippen LogP contribution < -0.4 is 34.9 Å². The standard InChI is InChI=1S/C11H12Cl2N2O5.Na.H/c12-10(13)11(18)14-8(5-16)9(17)6-1-3-7(4-2-6)15(19)20;;/h1-4,8-10,16-17H,5H2,(H,14,18);;/q;+1;-1/t8-,9-;;/m1../s1. The number of amides is 1. The zero-order chi connectivity index (χ0) is 15.3. The van der Waals surface area contributed by atoms with E-state index >= 15 is 0 Å². The molecule has 1 aromatic rings. The average molecular weight is 347 g/mol. The Labute approximate surface area is 154 Å². The van der Waals surface area contributed by atoms with Gasteiger partial charge in [-0.1, -0.05) is 23.2 Å². The first kappa shape index (κ1) is 20.6. The molecule has 7 nitrogen and oxygen atoms in total. The van der Waals surface area contributed by atoms with Crippen molar-refractivity contribution in [1.82, 2.24) is 5.32 Å². The van der Waals surface area contributed by atoms with Gasteiger partial charge in [-0.25, -0.2) is 0 Å². The molecule has 2 atom stereocenters. The molecule has 0 bridgehead atoms. The summed E-state index contributed by atoms with van der Waals surface area (Å²) in [6.07, 6.45) is -1.25. The molecule has 0 aliphatic rings. The molecular formula is C11H13Cl2N2NaO5. The number of nitrogens with zero attached hydrogens (tertiary/aromatic N) is 1. The Balaban J connectivity index is 0. The Morgan fingerprint density at radius 2 is 1.90 bits per heavy atom. The van der Waals surface area contributed by atoms with Gasteiger partial charge in [0.15, 0.2) is 4.84 Å². The minimum absolute atomic E-state index is 0. The number of carbonyl (C=O) groups excluding carboxylic acids is 1. The summed E-state index contributed by atoms with van der Waals surface area (Å²) in [4.78, 5) is 19.9. The summed E-state index contributed by atoms with van der Waals surface area (Å²) in [6.45, 7) is -0.551. The van der Waals surface area contributed by atoms with E-state index in [1.807, 2.05) is 0 Å². The number of nitro benzene ring substituents is 1. The first-order chi connectivity index (χ1) is 9.36. The van der Waals surface area contributed by atoms with Crippen LogP contribution in [0, 0.1) is 10.1 Å². The number of hydrogen-bond donors (Lipinski definition) is 3. The van der Waals surface area contributed by atoms with Gasteiger partial charge in [0.1, 0.15) is 6.10 Å². The topological polar surface area (TPSA) is 113 Å². The SMILES string of the molecule is O=C(N[C@H](CO)[C@H](O)c1ccc([N+](=O)[O-])cc1)C(Cl)Cl.[H-].[Na+]. The van der Waals surface area contributed by atoms with E-state index in [9.17, 15) is 20.0 Å². The molecule has 0 fully saturated rings. The van der Waals surface area contributed by atoms with Gasteiger partial charge in [-0.15, -0.1) is 0 Å². The summed E-state index contributed by atoms with van der Waals surface area (Å²) in [6, 6.07) is 4.05. The van der Waals surface area contributed by atoms with Crippen LogP contribution in [-0.4, -0.2) is 38.5 Å². The van der Waals surface area contributed by atoms with Crippen molar-refractivity contribution in [2.75, 3.05) is 6.61 Å². The van der Waals surface area contributed by atoms with E-state index in [1.165, 1.54) is 24.3 Å². The van der Waals surface area contributed by atoms with Gasteiger partial charge < -0.3 is 17.0 Å². The predicted molar refractivity (Wildman–Crippen MR) is 73.7 cm³/mol. The number of alkyl halides is 2. The number of aliphatic hydroxyl groups is 2. The zero-order valence-corrected chi connectivity index (χ0v) is 14.6. The van der Waals surface area contributed by atoms with Crippen LogP contribution >= 0.6 is 23.2 Å². The fraction of sp³-hybridized carbons (Fsp3) is 0.364. The molecule has 1 rings (SSSR count). The normalized spacial score (nSPS) is 13.2. The number of non-ortho nitro benzene ring substituents is 1. The van der Waals surface area contributed by atoms with E-state index in [0.29, 0.717) is 5.56 Å². The number of carbonyl (C=O) groups is 1. The van der Waals surface area contributed by atoms with Crippen LogP contribution in [0.5, 0.6) is 0 Å². The molecule has 1 aromatic carbocycles. The maximum atomic E-state index is 11.3. The van der Waals surface area contributed by atoms with Crippen molar-refractivity contribution in [2.45, 2.75) is 17.0 Å². The van der Waals surface area contributed by atoms with Crippen molar-refractivity contribution in [3.05, 3.63) is 39.9 Å². The number of aliphatic hydroxyl groups excluding tert-OH is 2. The molecule has 0 aliphatic heterocycles. The summed E-state index contributed by atoms with van der Waals surface area (Å²) in [5, 5.41) is 31.9. The second-order valence-electron chi connectivity index (χ2n) is 3.89. The smallest absolute Gasteiger partial charge is 1.00 e. The quantitative estimate of drug-likeness (QED) is 0.239. The maximum Gasteiger partial charge on any atom is 1.00 e. The maximum absolute atomic E-state index is 11.3. The van der Waals surface area contributed by atoms with E-state index in [1.54, 1.807) is 0 Å². The third kappa shape index (κ3) is 6.07. The molecule has 0 saturated carbocycles. The molecule has 0 aliphatic carbocycles. The van der Waals surface area contributed by atoms with Crippen LogP contribution in [0.4, 0.5) is 5.69 Å². The predicted octanol–water partition coefficient (Wildman–Crippen LogP) is -1.97. The fourth-order valence-electron chi connectivity index (χ4n) is 1.50. The van der Waals surface area contributed by atoms with Crippen LogP contribution in [0.2, 0.25) is 0 Å². The summed E-state index contributed by atoms with van der Waals surface area (Å²) in [5.74, 6) is -0.756. The second-order valence-corrected chi connectivity index (χ2v) is 4.99. The van der Waals surface area contributed by atoms with E-state index in [2.05, 4.69) is 5.32 Å². The molecule has 1 amide bonds. The average Bonchev–Trinajstić information content (AvgIpc) is 2.43. The Morgan fingerprint density at radius 3 is 2.29 bits per heavy atom. The van der Waals surface area contributed by atoms with Crippen LogP contribution in [0.25, 0.3) is 0 Å². The number of nitro groups is 1. The van der Waals surface area contributed by atoms with Gasteiger partial charge in [-0.2, -0.15) is 0 Å². The first-order valence-electron chi connectivity index (χ1n) is 5.48. The van der Waals surface area contributed by atoms with Gasteiger partial charge in [0.2, 0.25) is 0 Å². The number of nitrogens with one attached hydrogen (secondary N) is 1. The molecule has 3 N–H and O–H groups in total. The third-order valence-corrected chi connectivity index (χ3v) is 2.95. The minimum atomic E-state index is -1.33. The molecule has 0 aromatic heterocycles. The molecule has 0 spiro atoms. The minimum Gasteiger partial charge on any atom is -1.00 e. The van der Waals surface area contributed by atoms with Crippen molar-refractivity contribution in [1.29, 1.82) is 0 Å². The van der Waals surface area contributed by atoms with Gasteiger partial charge in [-0.3, -0.25) is 14.9 Å². The molecule has 0 heterocycles. The zero-order valence-electron chi connectivity index (χ0n) is 12.1. The summed E-state index contributed by atoms with van der Waals surface area (Å²) < 4.78 is 0. The van der Waals surface area contributed by atoms with Crippen LogP contribution in [0.15, 0.2) is 24.3 Å². The molecule has 0 radical (unpaired) electrons. The molecule has 0 saturated heterocycles. The van der Waals surface area contributed by atoms with Gasteiger partial charge in [0, 0.05) is 12.1 Å². The van der Waals surface area contributed by atoms with E-state index in [4.69, 9.17) is 28.3 Å². The largest absolute Gasteiger partial charge is 1.00 e. The van der Waals surface area contributed by atoms with Crippen molar-refractivity contribution < 1.29 is 50.9 Å². The molecule has 10 heteroatoms. The number of rotatable bonds is 6. The van der Waals surface area contributed by atoms with Gasteiger partial charge in [-0.05, 0) is 17.7 Å².